The molecule has 0 aliphatic carbocycles. The number of nitrogens with zero attached hydrogens (tertiary/aromatic N) is 1. The fraction of sp³-hybridized carbons (Fsp3) is 0.263. The Morgan fingerprint density at radius 2 is 1.92 bits per heavy atom. The average molecular weight is 359 g/mol. The molecule has 0 spiro atoms. The molecule has 5 nitrogen and oxygen atoms in total. The maximum absolute atomic E-state index is 13.6. The number of anilines is 3. The van der Waals surface area contributed by atoms with Gasteiger partial charge >= 0.3 is 0 Å². The number of rotatable bonds is 4. The topological polar surface area (TPSA) is 61.4 Å². The smallest absolute Gasteiger partial charge is 0.246 e. The molecule has 2 aromatic carbocycles. The zero-order chi connectivity index (χ0) is 18.8. The van der Waals surface area contributed by atoms with E-state index in [9.17, 15) is 18.4 Å². The summed E-state index contributed by atoms with van der Waals surface area (Å²) in [4.78, 5) is 25.5. The van der Waals surface area contributed by atoms with Gasteiger partial charge in [0.25, 0.3) is 0 Å². The number of hydrogen-bond donors (Lipinski definition) is 2. The molecule has 0 radical (unpaired) electrons. The van der Waals surface area contributed by atoms with E-state index >= 15 is 0 Å². The third-order valence-electron chi connectivity index (χ3n) is 4.32. The van der Waals surface area contributed by atoms with E-state index < -0.39 is 23.6 Å². The van der Waals surface area contributed by atoms with Crippen LogP contribution in [-0.4, -0.2) is 24.4 Å². The van der Waals surface area contributed by atoms with Crippen molar-refractivity contribution in [2.24, 2.45) is 0 Å². The summed E-state index contributed by atoms with van der Waals surface area (Å²) in [6.07, 6.45) is 0.750. The third-order valence-corrected chi connectivity index (χ3v) is 4.32. The van der Waals surface area contributed by atoms with Crippen LogP contribution in [0.25, 0.3) is 0 Å². The van der Waals surface area contributed by atoms with Crippen LogP contribution in [0.15, 0.2) is 36.4 Å². The largest absolute Gasteiger partial charge is 0.374 e. The minimum Gasteiger partial charge on any atom is -0.374 e. The van der Waals surface area contributed by atoms with E-state index in [0.717, 1.165) is 41.6 Å². The molecule has 0 bridgehead atoms. The summed E-state index contributed by atoms with van der Waals surface area (Å²) in [5.41, 5.74) is 2.42. The number of hydrogen-bond acceptors (Lipinski definition) is 3. The molecule has 1 heterocycles. The lowest BCUT2D eigenvalue weighted by atomic mass is 10.1. The fourth-order valence-electron chi connectivity index (χ4n) is 2.97. The minimum atomic E-state index is -0.700. The van der Waals surface area contributed by atoms with Gasteiger partial charge in [0.1, 0.15) is 17.7 Å². The molecule has 0 fully saturated rings. The number of halogens is 2. The number of amides is 2. The van der Waals surface area contributed by atoms with Gasteiger partial charge in [-0.05, 0) is 49.2 Å². The zero-order valence-corrected chi connectivity index (χ0v) is 14.5. The average Bonchev–Trinajstić information content (AvgIpc) is 3.01. The summed E-state index contributed by atoms with van der Waals surface area (Å²) in [5, 5.41) is 5.41. The Kier molecular flexibility index (Phi) is 4.88. The highest BCUT2D eigenvalue weighted by molar-refractivity contribution is 5.97. The number of fused-ring (bicyclic) bond motifs is 1. The van der Waals surface area contributed by atoms with Crippen LogP contribution >= 0.6 is 0 Å². The van der Waals surface area contributed by atoms with Gasteiger partial charge < -0.3 is 15.5 Å². The Balaban J connectivity index is 1.68. The molecule has 1 atom stereocenters. The predicted molar refractivity (Wildman–Crippen MR) is 96.2 cm³/mol. The quantitative estimate of drug-likeness (QED) is 0.880. The molecule has 0 saturated carbocycles. The zero-order valence-electron chi connectivity index (χ0n) is 14.5. The van der Waals surface area contributed by atoms with Crippen LogP contribution in [0.3, 0.4) is 0 Å². The third kappa shape index (κ3) is 3.66. The first-order valence-electron chi connectivity index (χ1n) is 8.28. The van der Waals surface area contributed by atoms with E-state index in [-0.39, 0.29) is 11.6 Å². The molecular weight excluding hydrogens is 340 g/mol. The maximum atomic E-state index is 13.6. The van der Waals surface area contributed by atoms with Gasteiger partial charge in [-0.1, -0.05) is 0 Å². The lowest BCUT2D eigenvalue weighted by Crippen LogP contribution is -2.32. The van der Waals surface area contributed by atoms with Crippen LogP contribution in [0.5, 0.6) is 0 Å². The van der Waals surface area contributed by atoms with Crippen molar-refractivity contribution in [3.8, 4) is 0 Å². The van der Waals surface area contributed by atoms with E-state index in [0.29, 0.717) is 6.54 Å². The van der Waals surface area contributed by atoms with Gasteiger partial charge in [-0.3, -0.25) is 9.59 Å². The summed E-state index contributed by atoms with van der Waals surface area (Å²) in [7, 11) is 0. The molecule has 2 aromatic rings. The predicted octanol–water partition coefficient (Wildman–Crippen LogP) is 3.31. The summed E-state index contributed by atoms with van der Waals surface area (Å²) in [5.74, 6) is -1.82. The van der Waals surface area contributed by atoms with Crippen molar-refractivity contribution in [3.05, 3.63) is 53.6 Å². The van der Waals surface area contributed by atoms with Crippen molar-refractivity contribution in [2.75, 3.05) is 22.1 Å². The van der Waals surface area contributed by atoms with Gasteiger partial charge in [-0.2, -0.15) is 0 Å². The number of carbonyl (C=O) groups is 2. The highest BCUT2D eigenvalue weighted by Gasteiger charge is 2.23. The van der Waals surface area contributed by atoms with Crippen LogP contribution in [0.2, 0.25) is 0 Å². The Labute approximate surface area is 150 Å². The van der Waals surface area contributed by atoms with Crippen molar-refractivity contribution in [3.63, 3.8) is 0 Å². The van der Waals surface area contributed by atoms with Crippen LogP contribution in [0.1, 0.15) is 19.4 Å². The SMILES string of the molecule is CC(=O)N1CCc2cc(N[C@H](C)C(=O)Nc3cc(F)ccc3F)ccc21. The Bertz CT molecular complexity index is 870. The summed E-state index contributed by atoms with van der Waals surface area (Å²) in [6.45, 7) is 3.80. The molecule has 2 amide bonds. The summed E-state index contributed by atoms with van der Waals surface area (Å²) >= 11 is 0. The van der Waals surface area contributed by atoms with Gasteiger partial charge in [0.2, 0.25) is 11.8 Å². The first-order valence-corrected chi connectivity index (χ1v) is 8.28. The lowest BCUT2D eigenvalue weighted by molar-refractivity contribution is -0.117. The Hall–Kier alpha value is -2.96. The van der Waals surface area contributed by atoms with Crippen molar-refractivity contribution >= 4 is 28.9 Å². The van der Waals surface area contributed by atoms with Gasteiger partial charge in [-0.15, -0.1) is 0 Å². The molecule has 0 unspecified atom stereocenters. The molecule has 3 rings (SSSR count). The van der Waals surface area contributed by atoms with E-state index in [1.54, 1.807) is 17.9 Å². The van der Waals surface area contributed by atoms with Crippen molar-refractivity contribution < 1.29 is 18.4 Å². The standard InChI is InChI=1S/C19H19F2N3O2/c1-11(19(26)23-17-10-14(20)3-5-16(17)21)22-15-4-6-18-13(9-15)7-8-24(18)12(2)25/h3-6,9-11,22H,7-8H2,1-2H3,(H,23,26)/t11-/m1/s1. The molecular formula is C19H19F2N3O2. The summed E-state index contributed by atoms with van der Waals surface area (Å²) < 4.78 is 26.8. The van der Waals surface area contributed by atoms with E-state index in [4.69, 9.17) is 0 Å². The summed E-state index contributed by atoms with van der Waals surface area (Å²) in [6, 6.07) is 7.74. The van der Waals surface area contributed by atoms with Gasteiger partial charge in [0, 0.05) is 30.9 Å². The maximum Gasteiger partial charge on any atom is 0.246 e. The minimum absolute atomic E-state index is 0.00525. The second-order valence-corrected chi connectivity index (χ2v) is 6.24. The Morgan fingerprint density at radius 3 is 2.65 bits per heavy atom. The molecule has 26 heavy (non-hydrogen) atoms. The lowest BCUT2D eigenvalue weighted by Gasteiger charge is -2.18. The molecule has 0 aromatic heterocycles. The van der Waals surface area contributed by atoms with Gasteiger partial charge in [0.15, 0.2) is 0 Å². The van der Waals surface area contributed by atoms with Crippen LogP contribution in [-0.2, 0) is 16.0 Å². The van der Waals surface area contributed by atoms with E-state index in [1.165, 1.54) is 6.92 Å². The molecule has 2 N–H and O–H groups in total. The highest BCUT2D eigenvalue weighted by Crippen LogP contribution is 2.30. The normalized spacial score (nSPS) is 13.9. The molecule has 1 aliphatic heterocycles. The molecule has 1 aliphatic rings. The molecule has 0 saturated heterocycles. The second-order valence-electron chi connectivity index (χ2n) is 6.24. The Morgan fingerprint density at radius 1 is 1.15 bits per heavy atom. The molecule has 136 valence electrons. The second kappa shape index (κ2) is 7.11. The number of carbonyl (C=O) groups excluding carboxylic acids is 2. The highest BCUT2D eigenvalue weighted by atomic mass is 19.1. The number of benzene rings is 2. The fourth-order valence-corrected chi connectivity index (χ4v) is 2.97. The van der Waals surface area contributed by atoms with Crippen molar-refractivity contribution in [1.29, 1.82) is 0 Å². The van der Waals surface area contributed by atoms with Crippen LogP contribution in [0.4, 0.5) is 25.8 Å². The number of nitrogens with one attached hydrogen (secondary N) is 2. The first-order chi connectivity index (χ1) is 12.3. The van der Waals surface area contributed by atoms with E-state index in [1.807, 2.05) is 12.1 Å². The first kappa shape index (κ1) is 17.8. The van der Waals surface area contributed by atoms with Crippen LogP contribution < -0.4 is 15.5 Å². The van der Waals surface area contributed by atoms with E-state index in [2.05, 4.69) is 10.6 Å². The molecule has 7 heteroatoms. The van der Waals surface area contributed by atoms with Gasteiger partial charge in [-0.25, -0.2) is 8.78 Å². The van der Waals surface area contributed by atoms with Gasteiger partial charge in [0.05, 0.1) is 5.69 Å². The van der Waals surface area contributed by atoms with Crippen molar-refractivity contribution in [1.82, 2.24) is 0 Å². The monoisotopic (exact) mass is 359 g/mol. The van der Waals surface area contributed by atoms with Crippen LogP contribution in [0, 0.1) is 11.6 Å². The van der Waals surface area contributed by atoms with Crippen molar-refractivity contribution in [2.45, 2.75) is 26.3 Å².